The molecule has 3 rings (SSSR count). The van der Waals surface area contributed by atoms with Gasteiger partial charge >= 0.3 is 0 Å². The third-order valence-corrected chi connectivity index (χ3v) is 9.09. The van der Waals surface area contributed by atoms with Gasteiger partial charge in [-0.05, 0) is 74.2 Å². The number of anilines is 1. The number of aryl methyl sites for hydroxylation is 2. The zero-order valence-corrected chi connectivity index (χ0v) is 25.5. The molecule has 0 aliphatic rings. The van der Waals surface area contributed by atoms with Gasteiger partial charge in [-0.15, -0.1) is 0 Å². The number of hydrogen-bond donors (Lipinski definition) is 1. The van der Waals surface area contributed by atoms with Crippen LogP contribution in [0.5, 0.6) is 0 Å². The molecular formula is C30H35Cl2N3O4S. The van der Waals surface area contributed by atoms with Crippen molar-refractivity contribution in [3.63, 3.8) is 0 Å². The van der Waals surface area contributed by atoms with E-state index in [9.17, 15) is 18.0 Å². The summed E-state index contributed by atoms with van der Waals surface area (Å²) < 4.78 is 29.0. The summed E-state index contributed by atoms with van der Waals surface area (Å²) in [4.78, 5) is 28.5. The molecule has 3 aromatic rings. The number of rotatable bonds is 12. The smallest absolute Gasteiger partial charge is 0.264 e. The number of carbonyl (C=O) groups is 2. The van der Waals surface area contributed by atoms with Gasteiger partial charge in [0.15, 0.2) is 0 Å². The lowest BCUT2D eigenvalue weighted by molar-refractivity contribution is -0.139. The van der Waals surface area contributed by atoms with Crippen molar-refractivity contribution in [3.05, 3.63) is 93.5 Å². The topological polar surface area (TPSA) is 86.8 Å². The summed E-state index contributed by atoms with van der Waals surface area (Å²) in [6, 6.07) is 17.5. The lowest BCUT2D eigenvalue weighted by Gasteiger charge is -2.32. The zero-order chi connectivity index (χ0) is 29.4. The summed E-state index contributed by atoms with van der Waals surface area (Å²) in [6.07, 6.45) is 1.71. The molecule has 0 radical (unpaired) electrons. The predicted molar refractivity (Wildman–Crippen MR) is 161 cm³/mol. The largest absolute Gasteiger partial charge is 0.354 e. The van der Waals surface area contributed by atoms with E-state index >= 15 is 0 Å². The van der Waals surface area contributed by atoms with Crippen LogP contribution in [-0.4, -0.2) is 44.3 Å². The molecule has 214 valence electrons. The fourth-order valence-corrected chi connectivity index (χ4v) is 5.99. The van der Waals surface area contributed by atoms with E-state index in [1.807, 2.05) is 26.0 Å². The van der Waals surface area contributed by atoms with Crippen LogP contribution in [0, 0.1) is 13.8 Å². The Labute approximate surface area is 247 Å². The second-order valence-corrected chi connectivity index (χ2v) is 12.4. The third kappa shape index (κ3) is 7.77. The number of halogens is 2. The van der Waals surface area contributed by atoms with E-state index in [4.69, 9.17) is 23.2 Å². The minimum absolute atomic E-state index is 0.0319. The highest BCUT2D eigenvalue weighted by atomic mass is 35.5. The molecule has 10 heteroatoms. The second kappa shape index (κ2) is 14.0. The van der Waals surface area contributed by atoms with Crippen molar-refractivity contribution in [3.8, 4) is 0 Å². The van der Waals surface area contributed by atoms with Crippen molar-refractivity contribution < 1.29 is 18.0 Å². The van der Waals surface area contributed by atoms with Crippen molar-refractivity contribution in [1.29, 1.82) is 0 Å². The van der Waals surface area contributed by atoms with Crippen molar-refractivity contribution in [1.82, 2.24) is 10.2 Å². The molecule has 1 atom stereocenters. The Kier molecular flexibility index (Phi) is 11.0. The molecule has 1 N–H and O–H groups in total. The van der Waals surface area contributed by atoms with Crippen LogP contribution in [0.3, 0.4) is 0 Å². The van der Waals surface area contributed by atoms with Crippen LogP contribution in [-0.2, 0) is 26.2 Å². The molecule has 0 aliphatic heterocycles. The van der Waals surface area contributed by atoms with Gasteiger partial charge in [0.25, 0.3) is 10.0 Å². The Hall–Kier alpha value is -3.07. The van der Waals surface area contributed by atoms with Gasteiger partial charge in [0.2, 0.25) is 11.8 Å². The molecule has 0 aromatic heterocycles. The summed E-state index contributed by atoms with van der Waals surface area (Å²) in [6.45, 7) is 7.31. The first-order chi connectivity index (χ1) is 18.9. The van der Waals surface area contributed by atoms with Gasteiger partial charge in [-0.1, -0.05) is 72.9 Å². The minimum Gasteiger partial charge on any atom is -0.354 e. The van der Waals surface area contributed by atoms with Crippen LogP contribution in [0.15, 0.2) is 71.6 Å². The van der Waals surface area contributed by atoms with Gasteiger partial charge in [0.1, 0.15) is 12.6 Å². The Balaban J connectivity index is 2.04. The zero-order valence-electron chi connectivity index (χ0n) is 23.2. The van der Waals surface area contributed by atoms with E-state index in [1.54, 1.807) is 56.3 Å². The number of hydrogen-bond acceptors (Lipinski definition) is 4. The van der Waals surface area contributed by atoms with E-state index in [-0.39, 0.29) is 17.3 Å². The van der Waals surface area contributed by atoms with Crippen molar-refractivity contribution in [2.24, 2.45) is 0 Å². The molecule has 40 heavy (non-hydrogen) atoms. The van der Waals surface area contributed by atoms with Crippen molar-refractivity contribution in [2.75, 3.05) is 17.4 Å². The first-order valence-corrected chi connectivity index (χ1v) is 15.3. The third-order valence-electron chi connectivity index (χ3n) is 6.58. The molecule has 0 aliphatic carbocycles. The maximum atomic E-state index is 14.0. The number of nitrogens with zero attached hydrogens (tertiary/aromatic N) is 2. The lowest BCUT2D eigenvalue weighted by atomic mass is 10.1. The summed E-state index contributed by atoms with van der Waals surface area (Å²) in [5, 5.41) is 3.55. The van der Waals surface area contributed by atoms with E-state index < -0.39 is 28.5 Å². The predicted octanol–water partition coefficient (Wildman–Crippen LogP) is 6.14. The Bertz CT molecular complexity index is 1450. The normalized spacial score (nSPS) is 12.1. The first-order valence-electron chi connectivity index (χ1n) is 13.1. The highest BCUT2D eigenvalue weighted by Crippen LogP contribution is 2.29. The Morgan fingerprint density at radius 2 is 1.65 bits per heavy atom. The molecule has 0 spiro atoms. The lowest BCUT2D eigenvalue weighted by Crippen LogP contribution is -2.51. The quantitative estimate of drug-likeness (QED) is 0.252. The molecule has 3 aromatic carbocycles. The molecule has 0 fully saturated rings. The SMILES string of the molecule is CCCCNC(=O)[C@@H](C)N(Cc1ccc(Cl)c(Cl)c1)C(=O)CN(c1cc(C)ccc1C)S(=O)(=O)c1ccccc1. The Morgan fingerprint density at radius 1 is 0.950 bits per heavy atom. The van der Waals surface area contributed by atoms with Crippen LogP contribution >= 0.6 is 23.2 Å². The number of nitrogens with one attached hydrogen (secondary N) is 1. The van der Waals surface area contributed by atoms with E-state index in [0.29, 0.717) is 33.4 Å². The highest BCUT2D eigenvalue weighted by Gasteiger charge is 2.33. The molecule has 0 unspecified atom stereocenters. The van der Waals surface area contributed by atoms with Gasteiger partial charge in [0, 0.05) is 13.1 Å². The molecule has 0 saturated heterocycles. The van der Waals surface area contributed by atoms with Gasteiger partial charge in [-0.3, -0.25) is 13.9 Å². The fraction of sp³-hybridized carbons (Fsp3) is 0.333. The summed E-state index contributed by atoms with van der Waals surface area (Å²) in [7, 11) is -4.12. The standard InChI is InChI=1S/C30H35Cl2N3O4S/c1-5-6-16-33-30(37)23(4)34(19-24-14-15-26(31)27(32)18-24)29(36)20-35(28-17-21(2)12-13-22(28)3)40(38,39)25-10-8-7-9-11-25/h7-15,17-18,23H,5-6,16,19-20H2,1-4H3,(H,33,37)/t23-/m1/s1. The summed E-state index contributed by atoms with van der Waals surface area (Å²) in [5.74, 6) is -0.865. The number of unbranched alkanes of at least 4 members (excludes halogenated alkanes) is 1. The maximum Gasteiger partial charge on any atom is 0.264 e. The Morgan fingerprint density at radius 3 is 2.30 bits per heavy atom. The van der Waals surface area contributed by atoms with Crippen LogP contribution in [0.25, 0.3) is 0 Å². The van der Waals surface area contributed by atoms with Crippen molar-refractivity contribution in [2.45, 2.75) is 58.0 Å². The van der Waals surface area contributed by atoms with Crippen LogP contribution in [0.4, 0.5) is 5.69 Å². The molecule has 7 nitrogen and oxygen atoms in total. The molecule has 2 amide bonds. The maximum absolute atomic E-state index is 14.0. The fourth-order valence-electron chi connectivity index (χ4n) is 4.17. The number of carbonyl (C=O) groups excluding carboxylic acids is 2. The van der Waals surface area contributed by atoms with Crippen LogP contribution in [0.2, 0.25) is 10.0 Å². The van der Waals surface area contributed by atoms with Crippen LogP contribution in [0.1, 0.15) is 43.4 Å². The van der Waals surface area contributed by atoms with E-state index in [2.05, 4.69) is 5.32 Å². The van der Waals surface area contributed by atoms with Gasteiger partial charge < -0.3 is 10.2 Å². The second-order valence-electron chi connectivity index (χ2n) is 9.71. The summed E-state index contributed by atoms with van der Waals surface area (Å²) in [5.41, 5.74) is 2.59. The van der Waals surface area contributed by atoms with Gasteiger partial charge in [0.05, 0.1) is 20.6 Å². The molecule has 0 bridgehead atoms. The number of sulfonamides is 1. The number of benzene rings is 3. The van der Waals surface area contributed by atoms with Gasteiger partial charge in [-0.2, -0.15) is 0 Å². The number of amides is 2. The monoisotopic (exact) mass is 603 g/mol. The van der Waals surface area contributed by atoms with Gasteiger partial charge in [-0.25, -0.2) is 8.42 Å². The summed E-state index contributed by atoms with van der Waals surface area (Å²) >= 11 is 12.3. The minimum atomic E-state index is -4.12. The molecular weight excluding hydrogens is 569 g/mol. The molecule has 0 heterocycles. The van der Waals surface area contributed by atoms with Crippen molar-refractivity contribution >= 4 is 50.7 Å². The average molecular weight is 605 g/mol. The first kappa shape index (κ1) is 31.5. The average Bonchev–Trinajstić information content (AvgIpc) is 2.93. The highest BCUT2D eigenvalue weighted by molar-refractivity contribution is 7.92. The van der Waals surface area contributed by atoms with Crippen LogP contribution < -0.4 is 9.62 Å². The molecule has 0 saturated carbocycles. The van der Waals surface area contributed by atoms with E-state index in [1.165, 1.54) is 17.0 Å². The van der Waals surface area contributed by atoms with E-state index in [0.717, 1.165) is 22.7 Å².